The second-order valence-electron chi connectivity index (χ2n) is 6.62. The maximum atomic E-state index is 12.6. The molecule has 0 bridgehead atoms. The van der Waals surface area contributed by atoms with Gasteiger partial charge < -0.3 is 19.7 Å². The molecule has 1 aliphatic carbocycles. The fraction of sp³-hybridized carbons (Fsp3) is 0.300. The minimum absolute atomic E-state index is 0.0587. The molecular formula is C20H20N4O4. The number of methoxy groups -OCH3 is 1. The molecule has 3 aromatic rings. The Morgan fingerprint density at radius 1 is 1.36 bits per heavy atom. The minimum atomic E-state index is -0.196. The largest absolute Gasteiger partial charge is 0.390 e. The van der Waals surface area contributed by atoms with Gasteiger partial charge in [-0.15, -0.1) is 0 Å². The molecule has 2 heterocycles. The van der Waals surface area contributed by atoms with Gasteiger partial charge in [0.25, 0.3) is 11.8 Å². The van der Waals surface area contributed by atoms with Crippen molar-refractivity contribution < 1.29 is 19.2 Å². The van der Waals surface area contributed by atoms with Gasteiger partial charge >= 0.3 is 0 Å². The van der Waals surface area contributed by atoms with Crippen LogP contribution < -0.4 is 5.32 Å². The third kappa shape index (κ3) is 3.64. The van der Waals surface area contributed by atoms with Crippen LogP contribution in [0.5, 0.6) is 0 Å². The van der Waals surface area contributed by atoms with Gasteiger partial charge in [0.05, 0.1) is 18.3 Å². The van der Waals surface area contributed by atoms with Gasteiger partial charge in [-0.3, -0.25) is 9.78 Å². The van der Waals surface area contributed by atoms with E-state index >= 15 is 0 Å². The smallest absolute Gasteiger partial charge is 0.252 e. The molecule has 2 aromatic heterocycles. The molecule has 1 amide bonds. The first-order chi connectivity index (χ1) is 13.7. The fourth-order valence-corrected chi connectivity index (χ4v) is 3.41. The zero-order valence-electron chi connectivity index (χ0n) is 15.4. The first-order valence-corrected chi connectivity index (χ1v) is 8.99. The molecule has 1 atom stereocenters. The second kappa shape index (κ2) is 7.87. The molecule has 1 aromatic carbocycles. The number of rotatable bonds is 6. The van der Waals surface area contributed by atoms with Crippen LogP contribution >= 0.6 is 0 Å². The summed E-state index contributed by atoms with van der Waals surface area (Å²) in [4.78, 5) is 20.9. The highest BCUT2D eigenvalue weighted by molar-refractivity contribution is 5.94. The van der Waals surface area contributed by atoms with E-state index in [-0.39, 0.29) is 25.2 Å². The van der Waals surface area contributed by atoms with Crippen LogP contribution in [0.3, 0.4) is 0 Å². The number of ether oxygens (including phenoxy) is 1. The molecule has 8 heteroatoms. The maximum absolute atomic E-state index is 12.6. The number of benzene rings is 1. The van der Waals surface area contributed by atoms with Crippen LogP contribution in [0.15, 0.2) is 41.1 Å². The molecule has 28 heavy (non-hydrogen) atoms. The summed E-state index contributed by atoms with van der Waals surface area (Å²) in [5, 5.41) is 16.3. The highest BCUT2D eigenvalue weighted by Gasteiger charge is 2.25. The summed E-state index contributed by atoms with van der Waals surface area (Å²) in [6, 6.07) is 9.15. The van der Waals surface area contributed by atoms with Gasteiger partial charge in [-0.05, 0) is 42.2 Å². The van der Waals surface area contributed by atoms with Crippen molar-refractivity contribution in [3.8, 4) is 11.4 Å². The average molecular weight is 380 g/mol. The number of aliphatic hydroxyl groups is 1. The molecule has 144 valence electrons. The zero-order chi connectivity index (χ0) is 19.5. The first kappa shape index (κ1) is 18.3. The van der Waals surface area contributed by atoms with Crippen molar-refractivity contribution in [3.63, 3.8) is 0 Å². The number of nitrogens with one attached hydrogen (secondary N) is 1. The number of nitrogens with zero attached hydrogens (tertiary/aromatic N) is 3. The summed E-state index contributed by atoms with van der Waals surface area (Å²) < 4.78 is 10.2. The fourth-order valence-electron chi connectivity index (χ4n) is 3.41. The third-order valence-corrected chi connectivity index (χ3v) is 4.76. The van der Waals surface area contributed by atoms with E-state index in [4.69, 9.17) is 9.26 Å². The standard InChI is InChI=1S/C20H20N4O4/c1-27-11-18-23-19(24-28-18)13-2-4-16-12(8-13)3-5-17(16)22-20(26)14-6-7-21-15(9-14)10-25/h2,4,6-9,17,25H,3,5,10-11H2,1H3,(H,22,26)/t17-/m1/s1. The van der Waals surface area contributed by atoms with E-state index in [1.54, 1.807) is 19.2 Å². The van der Waals surface area contributed by atoms with Gasteiger partial charge in [-0.25, -0.2) is 0 Å². The Morgan fingerprint density at radius 3 is 3.07 bits per heavy atom. The number of carbonyl (C=O) groups excluding carboxylic acids is 1. The number of carbonyl (C=O) groups is 1. The van der Waals surface area contributed by atoms with Crippen LogP contribution in [-0.2, 0) is 24.4 Å². The number of aromatic nitrogens is 3. The van der Waals surface area contributed by atoms with E-state index in [2.05, 4.69) is 20.4 Å². The lowest BCUT2D eigenvalue weighted by Gasteiger charge is -2.14. The summed E-state index contributed by atoms with van der Waals surface area (Å²) in [5.41, 5.74) is 4.08. The molecule has 0 spiro atoms. The van der Waals surface area contributed by atoms with Gasteiger partial charge in [0, 0.05) is 24.4 Å². The number of aliphatic hydroxyl groups excluding tert-OH is 1. The highest BCUT2D eigenvalue weighted by atomic mass is 16.5. The van der Waals surface area contributed by atoms with E-state index < -0.39 is 0 Å². The maximum Gasteiger partial charge on any atom is 0.252 e. The van der Waals surface area contributed by atoms with E-state index in [0.29, 0.717) is 23.0 Å². The van der Waals surface area contributed by atoms with Crippen LogP contribution in [0.4, 0.5) is 0 Å². The summed E-state index contributed by atoms with van der Waals surface area (Å²) in [6.07, 6.45) is 3.21. The van der Waals surface area contributed by atoms with Crippen LogP contribution in [0, 0.1) is 0 Å². The predicted molar refractivity (Wildman–Crippen MR) is 99.1 cm³/mol. The van der Waals surface area contributed by atoms with E-state index in [9.17, 15) is 9.90 Å². The number of fused-ring (bicyclic) bond motifs is 1. The van der Waals surface area contributed by atoms with Crippen molar-refractivity contribution >= 4 is 5.91 Å². The number of amides is 1. The number of hydrogen-bond donors (Lipinski definition) is 2. The molecular weight excluding hydrogens is 360 g/mol. The Bertz CT molecular complexity index is 1000. The summed E-state index contributed by atoms with van der Waals surface area (Å²) in [5.74, 6) is 0.778. The Labute approximate surface area is 161 Å². The average Bonchev–Trinajstić information content (AvgIpc) is 3.35. The molecule has 0 fully saturated rings. The third-order valence-electron chi connectivity index (χ3n) is 4.76. The van der Waals surface area contributed by atoms with Crippen LogP contribution in [0.2, 0.25) is 0 Å². The van der Waals surface area contributed by atoms with Crippen LogP contribution in [0.1, 0.15) is 45.5 Å². The summed E-state index contributed by atoms with van der Waals surface area (Å²) >= 11 is 0. The van der Waals surface area contributed by atoms with Crippen molar-refractivity contribution in [2.75, 3.05) is 7.11 Å². The Hall–Kier alpha value is -3.10. The Kier molecular flexibility index (Phi) is 5.14. The van der Waals surface area contributed by atoms with Crippen molar-refractivity contribution in [2.45, 2.75) is 32.1 Å². The molecule has 0 unspecified atom stereocenters. The first-order valence-electron chi connectivity index (χ1n) is 8.99. The molecule has 4 rings (SSSR count). The Balaban J connectivity index is 1.50. The minimum Gasteiger partial charge on any atom is -0.390 e. The highest BCUT2D eigenvalue weighted by Crippen LogP contribution is 2.34. The van der Waals surface area contributed by atoms with Crippen molar-refractivity contribution in [2.24, 2.45) is 0 Å². The molecule has 0 aliphatic heterocycles. The Morgan fingerprint density at radius 2 is 2.25 bits per heavy atom. The van der Waals surface area contributed by atoms with E-state index in [0.717, 1.165) is 29.5 Å². The molecule has 0 saturated heterocycles. The second-order valence-corrected chi connectivity index (χ2v) is 6.62. The lowest BCUT2D eigenvalue weighted by atomic mass is 10.0. The topological polar surface area (TPSA) is 110 Å². The van der Waals surface area contributed by atoms with Crippen LogP contribution in [-0.4, -0.2) is 33.2 Å². The van der Waals surface area contributed by atoms with Crippen molar-refractivity contribution in [3.05, 3.63) is 64.8 Å². The monoisotopic (exact) mass is 380 g/mol. The number of aryl methyl sites for hydroxylation is 1. The molecule has 0 saturated carbocycles. The molecule has 1 aliphatic rings. The zero-order valence-corrected chi connectivity index (χ0v) is 15.4. The van der Waals surface area contributed by atoms with Crippen molar-refractivity contribution in [1.82, 2.24) is 20.4 Å². The quantitative estimate of drug-likeness (QED) is 0.674. The summed E-state index contributed by atoms with van der Waals surface area (Å²) in [6.45, 7) is 0.0807. The van der Waals surface area contributed by atoms with Gasteiger partial charge in [0.15, 0.2) is 0 Å². The van der Waals surface area contributed by atoms with E-state index in [1.165, 1.54) is 6.20 Å². The molecule has 8 nitrogen and oxygen atoms in total. The van der Waals surface area contributed by atoms with Gasteiger partial charge in [0.1, 0.15) is 6.61 Å². The molecule has 0 radical (unpaired) electrons. The lowest BCUT2D eigenvalue weighted by molar-refractivity contribution is 0.0936. The lowest BCUT2D eigenvalue weighted by Crippen LogP contribution is -2.27. The normalized spacial score (nSPS) is 15.4. The van der Waals surface area contributed by atoms with Crippen LogP contribution in [0.25, 0.3) is 11.4 Å². The summed E-state index contributed by atoms with van der Waals surface area (Å²) in [7, 11) is 1.57. The SMILES string of the molecule is COCc1nc(-c2ccc3c(c2)CC[C@H]3NC(=O)c2ccnc(CO)c2)no1. The van der Waals surface area contributed by atoms with Gasteiger partial charge in [0.2, 0.25) is 5.82 Å². The molecule has 2 N–H and O–H groups in total. The number of hydrogen-bond acceptors (Lipinski definition) is 7. The van der Waals surface area contributed by atoms with Gasteiger partial charge in [-0.1, -0.05) is 17.3 Å². The predicted octanol–water partition coefficient (Wildman–Crippen LogP) is 2.19. The van der Waals surface area contributed by atoms with Gasteiger partial charge in [-0.2, -0.15) is 4.98 Å². The number of pyridine rings is 1. The van der Waals surface area contributed by atoms with E-state index in [1.807, 2.05) is 18.2 Å². The van der Waals surface area contributed by atoms with Crippen molar-refractivity contribution in [1.29, 1.82) is 0 Å².